The van der Waals surface area contributed by atoms with Crippen molar-refractivity contribution in [2.75, 3.05) is 13.1 Å². The zero-order valence-corrected chi connectivity index (χ0v) is 20.3. The molecule has 2 saturated heterocycles. The molecular formula is C25H27F4N5O4. The predicted octanol–water partition coefficient (Wildman–Crippen LogP) is 1.71. The summed E-state index contributed by atoms with van der Waals surface area (Å²) < 4.78 is 52.7. The Kier molecular flexibility index (Phi) is 7.89. The summed E-state index contributed by atoms with van der Waals surface area (Å²) in [7, 11) is 0. The van der Waals surface area contributed by atoms with E-state index < -0.39 is 53.8 Å². The third-order valence-corrected chi connectivity index (χ3v) is 7.58. The van der Waals surface area contributed by atoms with Crippen molar-refractivity contribution in [1.29, 1.82) is 5.26 Å². The topological polar surface area (TPSA) is 131 Å². The van der Waals surface area contributed by atoms with Gasteiger partial charge in [0.2, 0.25) is 11.8 Å². The lowest BCUT2D eigenvalue weighted by Crippen LogP contribution is -2.54. The van der Waals surface area contributed by atoms with Gasteiger partial charge in [0.1, 0.15) is 23.9 Å². The Bertz CT molecular complexity index is 1140. The molecule has 2 aliphatic heterocycles. The summed E-state index contributed by atoms with van der Waals surface area (Å²) in [6, 6.07) is 2.18. The molecule has 4 rings (SSSR count). The minimum absolute atomic E-state index is 0.0765. The number of carbonyl (C=O) groups excluding carboxylic acids is 4. The van der Waals surface area contributed by atoms with Crippen molar-refractivity contribution in [2.24, 2.45) is 17.8 Å². The minimum Gasteiger partial charge on any atom is -0.356 e. The fourth-order valence-electron chi connectivity index (χ4n) is 5.75. The molecule has 0 aromatic heterocycles. The van der Waals surface area contributed by atoms with E-state index in [0.29, 0.717) is 25.8 Å². The quantitative estimate of drug-likeness (QED) is 0.456. The largest absolute Gasteiger partial charge is 0.471 e. The summed E-state index contributed by atoms with van der Waals surface area (Å²) in [5.41, 5.74) is -0.0765. The van der Waals surface area contributed by atoms with E-state index in [-0.39, 0.29) is 36.3 Å². The smallest absolute Gasteiger partial charge is 0.356 e. The van der Waals surface area contributed by atoms with Gasteiger partial charge in [0, 0.05) is 19.0 Å². The van der Waals surface area contributed by atoms with Gasteiger partial charge in [-0.25, -0.2) is 4.39 Å². The maximum absolute atomic E-state index is 13.7. The number of rotatable bonds is 7. The average Bonchev–Trinajstić information content (AvgIpc) is 3.57. The molecule has 3 N–H and O–H groups in total. The van der Waals surface area contributed by atoms with E-state index in [1.807, 2.05) is 6.07 Å². The lowest BCUT2D eigenvalue weighted by Gasteiger charge is -2.31. The van der Waals surface area contributed by atoms with Crippen molar-refractivity contribution in [1.82, 2.24) is 20.9 Å². The summed E-state index contributed by atoms with van der Waals surface area (Å²) in [6.45, 7) is 0.558. The first kappa shape index (κ1) is 27.3. The highest BCUT2D eigenvalue weighted by Gasteiger charge is 2.51. The van der Waals surface area contributed by atoms with Crippen LogP contribution >= 0.6 is 0 Å². The van der Waals surface area contributed by atoms with Crippen LogP contribution in [0.2, 0.25) is 0 Å². The number of carbonyl (C=O) groups is 4. The highest BCUT2D eigenvalue weighted by Crippen LogP contribution is 2.43. The summed E-state index contributed by atoms with van der Waals surface area (Å²) in [5.74, 6) is -5.63. The molecule has 0 spiro atoms. The Hall–Kier alpha value is -3.69. The number of benzene rings is 1. The van der Waals surface area contributed by atoms with Gasteiger partial charge in [0.15, 0.2) is 0 Å². The third kappa shape index (κ3) is 5.74. The first-order valence-corrected chi connectivity index (χ1v) is 12.4. The van der Waals surface area contributed by atoms with Crippen LogP contribution in [0.3, 0.4) is 0 Å². The van der Waals surface area contributed by atoms with Crippen molar-refractivity contribution in [3.63, 3.8) is 0 Å². The monoisotopic (exact) mass is 537 g/mol. The molecule has 204 valence electrons. The molecule has 1 aromatic rings. The Morgan fingerprint density at radius 3 is 2.45 bits per heavy atom. The number of nitrogens with one attached hydrogen (secondary N) is 3. The van der Waals surface area contributed by atoms with Crippen molar-refractivity contribution in [2.45, 2.75) is 56.4 Å². The molecular weight excluding hydrogens is 510 g/mol. The number of nitriles is 1. The van der Waals surface area contributed by atoms with Crippen molar-refractivity contribution < 1.29 is 36.7 Å². The number of fused-ring (bicyclic) bond motifs is 1. The molecule has 38 heavy (non-hydrogen) atoms. The molecule has 1 saturated carbocycles. The van der Waals surface area contributed by atoms with Gasteiger partial charge < -0.3 is 20.9 Å². The fourth-order valence-corrected chi connectivity index (χ4v) is 5.75. The standard InChI is InChI=1S/C25H27F4N5O4/c26-16-6-4-13(5-7-16)19(33-24(38)25(27,28)29)23(37)34-12-15-2-1-3-18(15)20(34)22(36)32-17(11-30)10-14-8-9-31-21(14)35/h4-7,14-15,17-20H,1-3,8-10,12H2,(H,31,35)(H,32,36)(H,33,38)/t14-,15-,17-,18-,19-,20-/m0/s1. The van der Waals surface area contributed by atoms with E-state index in [4.69, 9.17) is 0 Å². The third-order valence-electron chi connectivity index (χ3n) is 7.58. The molecule has 0 bridgehead atoms. The van der Waals surface area contributed by atoms with Crippen LogP contribution in [0.1, 0.15) is 43.7 Å². The van der Waals surface area contributed by atoms with Gasteiger partial charge >= 0.3 is 12.1 Å². The van der Waals surface area contributed by atoms with E-state index in [2.05, 4.69) is 10.6 Å². The predicted molar refractivity (Wildman–Crippen MR) is 123 cm³/mol. The maximum atomic E-state index is 13.7. The summed E-state index contributed by atoms with van der Waals surface area (Å²) in [4.78, 5) is 52.0. The van der Waals surface area contributed by atoms with Crippen LogP contribution in [0.25, 0.3) is 0 Å². The lowest BCUT2D eigenvalue weighted by atomic mass is 9.92. The molecule has 0 radical (unpaired) electrons. The lowest BCUT2D eigenvalue weighted by molar-refractivity contribution is -0.175. The Morgan fingerprint density at radius 2 is 1.84 bits per heavy atom. The molecule has 3 aliphatic rings. The number of nitrogens with zero attached hydrogens (tertiary/aromatic N) is 2. The highest BCUT2D eigenvalue weighted by molar-refractivity contribution is 5.94. The van der Waals surface area contributed by atoms with Crippen LogP contribution in [0.5, 0.6) is 0 Å². The van der Waals surface area contributed by atoms with Gasteiger partial charge in [-0.05, 0) is 55.2 Å². The van der Waals surface area contributed by atoms with Gasteiger partial charge in [-0.3, -0.25) is 19.2 Å². The van der Waals surface area contributed by atoms with E-state index in [1.165, 1.54) is 0 Å². The number of hydrogen-bond acceptors (Lipinski definition) is 5. The van der Waals surface area contributed by atoms with Crippen LogP contribution < -0.4 is 16.0 Å². The highest BCUT2D eigenvalue weighted by atomic mass is 19.4. The number of amides is 4. The average molecular weight is 538 g/mol. The van der Waals surface area contributed by atoms with Crippen LogP contribution in [0, 0.1) is 34.9 Å². The first-order chi connectivity index (χ1) is 18.0. The van der Waals surface area contributed by atoms with E-state index in [0.717, 1.165) is 35.6 Å². The van der Waals surface area contributed by atoms with Gasteiger partial charge in [-0.2, -0.15) is 18.4 Å². The number of likely N-dealkylation sites (tertiary alicyclic amines) is 1. The van der Waals surface area contributed by atoms with Crippen molar-refractivity contribution in [3.05, 3.63) is 35.6 Å². The Morgan fingerprint density at radius 1 is 1.13 bits per heavy atom. The van der Waals surface area contributed by atoms with Gasteiger partial charge in [-0.15, -0.1) is 0 Å². The van der Waals surface area contributed by atoms with E-state index in [9.17, 15) is 42.0 Å². The molecule has 3 fully saturated rings. The molecule has 13 heteroatoms. The van der Waals surface area contributed by atoms with Gasteiger partial charge in [0.25, 0.3) is 5.91 Å². The first-order valence-electron chi connectivity index (χ1n) is 12.4. The van der Waals surface area contributed by atoms with Crippen LogP contribution in [-0.4, -0.2) is 59.9 Å². The Labute approximate surface area is 215 Å². The molecule has 6 atom stereocenters. The molecule has 1 aliphatic carbocycles. The van der Waals surface area contributed by atoms with E-state index in [1.54, 1.807) is 5.32 Å². The molecule has 0 unspecified atom stereocenters. The molecule has 2 heterocycles. The van der Waals surface area contributed by atoms with Crippen molar-refractivity contribution >= 4 is 23.6 Å². The van der Waals surface area contributed by atoms with Crippen LogP contribution in [0.4, 0.5) is 17.6 Å². The van der Waals surface area contributed by atoms with Crippen molar-refractivity contribution in [3.8, 4) is 6.07 Å². The second-order valence-electron chi connectivity index (χ2n) is 9.95. The van der Waals surface area contributed by atoms with Gasteiger partial charge in [-0.1, -0.05) is 18.6 Å². The Balaban J connectivity index is 1.58. The van der Waals surface area contributed by atoms with Crippen LogP contribution in [0.15, 0.2) is 24.3 Å². The van der Waals surface area contributed by atoms with Crippen LogP contribution in [-0.2, 0) is 19.2 Å². The zero-order valence-electron chi connectivity index (χ0n) is 20.3. The SMILES string of the molecule is N#C[C@H](C[C@@H]1CCNC1=O)NC(=O)[C@@H]1[C@H]2CCC[C@H]2CN1C(=O)[C@@H](NC(=O)C(F)(F)F)c1ccc(F)cc1. The fraction of sp³-hybridized carbons (Fsp3) is 0.560. The molecule has 9 nitrogen and oxygen atoms in total. The number of hydrogen-bond donors (Lipinski definition) is 3. The molecule has 4 amide bonds. The van der Waals surface area contributed by atoms with E-state index >= 15 is 0 Å². The summed E-state index contributed by atoms with van der Waals surface area (Å²) in [6.07, 6.45) is -2.56. The summed E-state index contributed by atoms with van der Waals surface area (Å²) in [5, 5.41) is 16.6. The second kappa shape index (κ2) is 11.0. The zero-order chi connectivity index (χ0) is 27.6. The molecule has 1 aromatic carbocycles. The second-order valence-corrected chi connectivity index (χ2v) is 9.95. The summed E-state index contributed by atoms with van der Waals surface area (Å²) >= 11 is 0. The number of alkyl halides is 3. The number of halogens is 4. The maximum Gasteiger partial charge on any atom is 0.471 e. The van der Waals surface area contributed by atoms with Gasteiger partial charge in [0.05, 0.1) is 6.07 Å². The minimum atomic E-state index is -5.27. The normalized spacial score (nSPS) is 26.2.